The molecule has 0 aromatic carbocycles. The molecule has 1 atom stereocenters. The highest BCUT2D eigenvalue weighted by Crippen LogP contribution is 2.21. The summed E-state index contributed by atoms with van der Waals surface area (Å²) in [7, 11) is 0. The van der Waals surface area contributed by atoms with Crippen LogP contribution in [0.4, 0.5) is 0 Å². The van der Waals surface area contributed by atoms with Crippen LogP contribution in [0.25, 0.3) is 11.3 Å². The van der Waals surface area contributed by atoms with Crippen molar-refractivity contribution in [3.05, 3.63) is 34.9 Å². The van der Waals surface area contributed by atoms with Crippen molar-refractivity contribution >= 4 is 42.1 Å². The maximum absolute atomic E-state index is 12.0. The second-order valence-corrected chi connectivity index (χ2v) is 6.55. The van der Waals surface area contributed by atoms with E-state index >= 15 is 0 Å². The predicted molar refractivity (Wildman–Crippen MR) is 102 cm³/mol. The number of rotatable bonds is 6. The highest BCUT2D eigenvalue weighted by atomic mass is 35.5. The Balaban J connectivity index is 0.00000144. The topological polar surface area (TPSA) is 66.9 Å². The zero-order valence-corrected chi connectivity index (χ0v) is 15.8. The molecule has 0 bridgehead atoms. The van der Waals surface area contributed by atoms with E-state index in [-0.39, 0.29) is 36.6 Å². The van der Waals surface area contributed by atoms with Crippen LogP contribution in [0.1, 0.15) is 11.9 Å². The Labute approximate surface area is 158 Å². The maximum atomic E-state index is 12.0. The van der Waals surface area contributed by atoms with Crippen molar-refractivity contribution in [2.45, 2.75) is 13.3 Å². The summed E-state index contributed by atoms with van der Waals surface area (Å²) < 4.78 is 0. The minimum Gasteiger partial charge on any atom is -0.355 e. The van der Waals surface area contributed by atoms with Crippen LogP contribution in [0.2, 0.25) is 0 Å². The van der Waals surface area contributed by atoms with Gasteiger partial charge in [0.2, 0.25) is 5.91 Å². The molecule has 1 saturated heterocycles. The molecule has 8 heteroatoms. The second-order valence-electron chi connectivity index (χ2n) is 5.61. The van der Waals surface area contributed by atoms with E-state index < -0.39 is 0 Å². The molecule has 2 aromatic heterocycles. The number of nitrogens with one attached hydrogen (secondary N) is 2. The fourth-order valence-corrected chi connectivity index (χ4v) is 3.22. The lowest BCUT2D eigenvalue weighted by atomic mass is 9.88. The van der Waals surface area contributed by atoms with Crippen molar-refractivity contribution in [2.75, 3.05) is 19.6 Å². The summed E-state index contributed by atoms with van der Waals surface area (Å²) in [6.45, 7) is 4.56. The second kappa shape index (κ2) is 9.93. The molecule has 3 rings (SSSR count). The van der Waals surface area contributed by atoms with Crippen LogP contribution in [0, 0.1) is 11.8 Å². The van der Waals surface area contributed by atoms with Gasteiger partial charge in [0.25, 0.3) is 0 Å². The first-order valence-corrected chi connectivity index (χ1v) is 8.45. The molecule has 132 valence electrons. The van der Waals surface area contributed by atoms with Gasteiger partial charge in [0, 0.05) is 42.2 Å². The van der Waals surface area contributed by atoms with Gasteiger partial charge in [0.15, 0.2) is 0 Å². The van der Waals surface area contributed by atoms with E-state index in [4.69, 9.17) is 0 Å². The third kappa shape index (κ3) is 5.14. The lowest BCUT2D eigenvalue weighted by Gasteiger charge is -2.31. The predicted octanol–water partition coefficient (Wildman–Crippen LogP) is 2.56. The van der Waals surface area contributed by atoms with E-state index in [1.54, 1.807) is 23.7 Å². The van der Waals surface area contributed by atoms with Crippen molar-refractivity contribution in [3.63, 3.8) is 0 Å². The third-order valence-electron chi connectivity index (χ3n) is 4.10. The van der Waals surface area contributed by atoms with Gasteiger partial charge < -0.3 is 10.6 Å². The van der Waals surface area contributed by atoms with Crippen molar-refractivity contribution < 1.29 is 4.79 Å². The minimum atomic E-state index is 0. The van der Waals surface area contributed by atoms with Crippen LogP contribution >= 0.6 is 36.2 Å². The van der Waals surface area contributed by atoms with Crippen LogP contribution in [-0.2, 0) is 11.2 Å². The number of halogens is 2. The van der Waals surface area contributed by atoms with Gasteiger partial charge in [-0.2, -0.15) is 0 Å². The molecule has 1 aliphatic heterocycles. The average Bonchev–Trinajstić information content (AvgIpc) is 2.95. The largest absolute Gasteiger partial charge is 0.355 e. The summed E-state index contributed by atoms with van der Waals surface area (Å²) in [5.74, 6) is 0.723. The van der Waals surface area contributed by atoms with Crippen molar-refractivity contribution in [1.82, 2.24) is 20.6 Å². The van der Waals surface area contributed by atoms with Crippen molar-refractivity contribution in [2.24, 2.45) is 11.8 Å². The quantitative estimate of drug-likeness (QED) is 0.797. The standard InChI is InChI=1S/C16H20N4OS.2ClH/c1-11(13-8-18-9-13)16(21)19-7-4-15-20-14(10-22-15)12-2-5-17-6-3-12;;/h2-3,5-6,10-11,13,18H,4,7-9H2,1H3,(H,19,21);2*1H. The van der Waals surface area contributed by atoms with E-state index in [1.807, 2.05) is 19.1 Å². The third-order valence-corrected chi connectivity index (χ3v) is 5.01. The number of thiazole rings is 1. The van der Waals surface area contributed by atoms with Gasteiger partial charge in [-0.25, -0.2) is 4.98 Å². The molecule has 0 spiro atoms. The zero-order valence-electron chi connectivity index (χ0n) is 13.4. The van der Waals surface area contributed by atoms with Crippen LogP contribution < -0.4 is 10.6 Å². The number of pyridine rings is 1. The molecule has 0 radical (unpaired) electrons. The average molecular weight is 389 g/mol. The normalized spacial score (nSPS) is 14.7. The molecular weight excluding hydrogens is 367 g/mol. The molecule has 1 fully saturated rings. The van der Waals surface area contributed by atoms with E-state index in [2.05, 4.69) is 26.0 Å². The Hall–Kier alpha value is -1.21. The lowest BCUT2D eigenvalue weighted by molar-refractivity contribution is -0.126. The molecular formula is C16H22Cl2N4OS. The minimum absolute atomic E-state index is 0. The van der Waals surface area contributed by atoms with Gasteiger partial charge in [0.05, 0.1) is 10.7 Å². The monoisotopic (exact) mass is 388 g/mol. The highest BCUT2D eigenvalue weighted by molar-refractivity contribution is 7.09. The Morgan fingerprint density at radius 1 is 1.38 bits per heavy atom. The number of carbonyl (C=O) groups excluding carboxylic acids is 1. The summed E-state index contributed by atoms with van der Waals surface area (Å²) >= 11 is 1.63. The molecule has 1 amide bonds. The van der Waals surface area contributed by atoms with Gasteiger partial charge in [-0.1, -0.05) is 6.92 Å². The molecule has 2 aromatic rings. The first-order chi connectivity index (χ1) is 10.7. The van der Waals surface area contributed by atoms with Gasteiger partial charge in [-0.05, 0) is 31.1 Å². The number of amides is 1. The zero-order chi connectivity index (χ0) is 15.4. The maximum Gasteiger partial charge on any atom is 0.223 e. The van der Waals surface area contributed by atoms with E-state index in [9.17, 15) is 4.79 Å². The fourth-order valence-electron chi connectivity index (χ4n) is 2.41. The van der Waals surface area contributed by atoms with Crippen LogP contribution in [-0.4, -0.2) is 35.5 Å². The summed E-state index contributed by atoms with van der Waals surface area (Å²) in [4.78, 5) is 20.7. The summed E-state index contributed by atoms with van der Waals surface area (Å²) in [6.07, 6.45) is 4.31. The molecule has 2 N–H and O–H groups in total. The van der Waals surface area contributed by atoms with E-state index in [1.165, 1.54) is 0 Å². The van der Waals surface area contributed by atoms with Crippen LogP contribution in [0.5, 0.6) is 0 Å². The lowest BCUT2D eigenvalue weighted by Crippen LogP contribution is -2.49. The van der Waals surface area contributed by atoms with Crippen molar-refractivity contribution in [1.29, 1.82) is 0 Å². The Morgan fingerprint density at radius 3 is 2.71 bits per heavy atom. The first-order valence-electron chi connectivity index (χ1n) is 7.57. The molecule has 1 unspecified atom stereocenters. The SMILES string of the molecule is CC(C(=O)NCCc1nc(-c2ccncc2)cs1)C1CNC1.Cl.Cl. The smallest absolute Gasteiger partial charge is 0.223 e. The van der Waals surface area contributed by atoms with E-state index in [0.717, 1.165) is 35.8 Å². The summed E-state index contributed by atoms with van der Waals surface area (Å²) in [5.41, 5.74) is 2.05. The number of hydrogen-bond donors (Lipinski definition) is 2. The molecule has 1 aliphatic rings. The molecule has 24 heavy (non-hydrogen) atoms. The summed E-state index contributed by atoms with van der Waals surface area (Å²) in [5, 5.41) is 9.32. The van der Waals surface area contributed by atoms with Crippen molar-refractivity contribution in [3.8, 4) is 11.3 Å². The Kier molecular flexibility index (Phi) is 8.62. The number of hydrogen-bond acceptors (Lipinski definition) is 5. The number of aromatic nitrogens is 2. The molecule has 0 saturated carbocycles. The van der Waals surface area contributed by atoms with Gasteiger partial charge in [-0.15, -0.1) is 36.2 Å². The first kappa shape index (κ1) is 20.8. The van der Waals surface area contributed by atoms with Gasteiger partial charge in [-0.3, -0.25) is 9.78 Å². The number of carbonyl (C=O) groups is 1. The highest BCUT2D eigenvalue weighted by Gasteiger charge is 2.28. The van der Waals surface area contributed by atoms with Gasteiger partial charge >= 0.3 is 0 Å². The Bertz CT molecular complexity index is 634. The molecule has 0 aliphatic carbocycles. The van der Waals surface area contributed by atoms with Gasteiger partial charge in [0.1, 0.15) is 0 Å². The summed E-state index contributed by atoms with van der Waals surface area (Å²) in [6, 6.07) is 3.91. The molecule has 5 nitrogen and oxygen atoms in total. The number of nitrogens with zero attached hydrogens (tertiary/aromatic N) is 2. The van der Waals surface area contributed by atoms with E-state index in [0.29, 0.717) is 12.5 Å². The Morgan fingerprint density at radius 2 is 2.08 bits per heavy atom. The van der Waals surface area contributed by atoms with Crippen LogP contribution in [0.15, 0.2) is 29.9 Å². The fraction of sp³-hybridized carbons (Fsp3) is 0.438. The molecule has 3 heterocycles. The van der Waals surface area contributed by atoms with Crippen LogP contribution in [0.3, 0.4) is 0 Å².